The monoisotopic (exact) mass is 357 g/mol. The number of rotatable bonds is 7. The van der Waals surface area contributed by atoms with Crippen LogP contribution >= 0.6 is 11.3 Å². The predicted octanol–water partition coefficient (Wildman–Crippen LogP) is 4.53. The fourth-order valence-corrected chi connectivity index (χ4v) is 2.82. The van der Waals surface area contributed by atoms with Crippen molar-refractivity contribution in [3.05, 3.63) is 58.8 Å². The Morgan fingerprint density at radius 3 is 2.72 bits per heavy atom. The number of aryl methyl sites for hydroxylation is 2. The topological polar surface area (TPSA) is 61.6 Å². The lowest BCUT2D eigenvalue weighted by Gasteiger charge is -2.06. The van der Waals surface area contributed by atoms with Crippen LogP contribution in [0.25, 0.3) is 10.8 Å². The van der Waals surface area contributed by atoms with E-state index in [4.69, 9.17) is 13.9 Å². The SMILES string of the molecule is Cc1ccc(OCCC(=O)OCc2nc(-c3cccs3)oc2C)cc1. The summed E-state index contributed by atoms with van der Waals surface area (Å²) < 4.78 is 16.4. The van der Waals surface area contributed by atoms with Crippen LogP contribution in [0.1, 0.15) is 23.4 Å². The van der Waals surface area contributed by atoms with Crippen LogP contribution in [0.15, 0.2) is 46.2 Å². The van der Waals surface area contributed by atoms with Crippen LogP contribution in [0.3, 0.4) is 0 Å². The Kier molecular flexibility index (Phi) is 5.50. The van der Waals surface area contributed by atoms with Crippen molar-refractivity contribution in [1.82, 2.24) is 4.98 Å². The van der Waals surface area contributed by atoms with Crippen molar-refractivity contribution in [3.8, 4) is 16.5 Å². The third kappa shape index (κ3) is 4.70. The second-order valence-electron chi connectivity index (χ2n) is 5.57. The summed E-state index contributed by atoms with van der Waals surface area (Å²) in [5.41, 5.74) is 1.80. The summed E-state index contributed by atoms with van der Waals surface area (Å²) in [5.74, 6) is 1.63. The first-order chi connectivity index (χ1) is 12.1. The Labute approximate surface area is 150 Å². The second kappa shape index (κ2) is 7.98. The van der Waals surface area contributed by atoms with Crippen LogP contribution in [0.5, 0.6) is 5.75 Å². The van der Waals surface area contributed by atoms with Gasteiger partial charge in [0.1, 0.15) is 23.8 Å². The Morgan fingerprint density at radius 2 is 2.00 bits per heavy atom. The standard InChI is InChI=1S/C19H19NO4S/c1-13-5-7-15(8-6-13)22-10-9-18(21)23-12-16-14(2)24-19(20-16)17-4-3-11-25-17/h3-8,11H,9-10,12H2,1-2H3. The first-order valence-electron chi connectivity index (χ1n) is 7.97. The van der Waals surface area contributed by atoms with Crippen LogP contribution in [-0.4, -0.2) is 17.6 Å². The van der Waals surface area contributed by atoms with Gasteiger partial charge in [0.25, 0.3) is 0 Å². The molecule has 0 aliphatic heterocycles. The van der Waals surface area contributed by atoms with Crippen LogP contribution in [0, 0.1) is 13.8 Å². The van der Waals surface area contributed by atoms with Crippen molar-refractivity contribution in [2.75, 3.05) is 6.61 Å². The normalized spacial score (nSPS) is 10.6. The predicted molar refractivity (Wildman–Crippen MR) is 95.6 cm³/mol. The summed E-state index contributed by atoms with van der Waals surface area (Å²) in [6, 6.07) is 11.6. The number of esters is 1. The molecule has 0 unspecified atom stereocenters. The summed E-state index contributed by atoms with van der Waals surface area (Å²) >= 11 is 1.55. The summed E-state index contributed by atoms with van der Waals surface area (Å²) in [4.78, 5) is 17.2. The van der Waals surface area contributed by atoms with Crippen LogP contribution in [0.4, 0.5) is 0 Å². The molecule has 1 aromatic carbocycles. The summed E-state index contributed by atoms with van der Waals surface area (Å²) in [6.07, 6.45) is 0.183. The fourth-order valence-electron chi connectivity index (χ4n) is 2.18. The zero-order valence-corrected chi connectivity index (χ0v) is 15.0. The highest BCUT2D eigenvalue weighted by Gasteiger charge is 2.14. The van der Waals surface area contributed by atoms with Gasteiger partial charge in [0.15, 0.2) is 0 Å². The van der Waals surface area contributed by atoms with E-state index in [2.05, 4.69) is 4.98 Å². The van der Waals surface area contributed by atoms with Gasteiger partial charge in [-0.3, -0.25) is 4.79 Å². The van der Waals surface area contributed by atoms with E-state index < -0.39 is 0 Å². The van der Waals surface area contributed by atoms with Crippen molar-refractivity contribution in [1.29, 1.82) is 0 Å². The zero-order valence-electron chi connectivity index (χ0n) is 14.2. The largest absolute Gasteiger partial charge is 0.493 e. The summed E-state index contributed by atoms with van der Waals surface area (Å²) in [7, 11) is 0. The van der Waals surface area contributed by atoms with E-state index in [0.29, 0.717) is 17.3 Å². The summed E-state index contributed by atoms with van der Waals surface area (Å²) in [6.45, 7) is 4.20. The molecule has 0 fully saturated rings. The van der Waals surface area contributed by atoms with Gasteiger partial charge in [-0.05, 0) is 37.4 Å². The Bertz CT molecular complexity index is 822. The number of ether oxygens (including phenoxy) is 2. The molecule has 0 aliphatic rings. The van der Waals surface area contributed by atoms with Crippen molar-refractivity contribution >= 4 is 17.3 Å². The molecule has 0 saturated heterocycles. The average Bonchev–Trinajstić information content (AvgIpc) is 3.24. The minimum absolute atomic E-state index is 0.101. The average molecular weight is 357 g/mol. The molecule has 0 saturated carbocycles. The number of nitrogens with zero attached hydrogens (tertiary/aromatic N) is 1. The van der Waals surface area contributed by atoms with Gasteiger partial charge >= 0.3 is 5.97 Å². The third-order valence-electron chi connectivity index (χ3n) is 3.59. The minimum Gasteiger partial charge on any atom is -0.493 e. The number of carbonyl (C=O) groups excluding carboxylic acids is 1. The lowest BCUT2D eigenvalue weighted by atomic mass is 10.2. The second-order valence-corrected chi connectivity index (χ2v) is 6.52. The summed E-state index contributed by atoms with van der Waals surface area (Å²) in [5, 5.41) is 1.96. The lowest BCUT2D eigenvalue weighted by molar-refractivity contribution is -0.145. The molecule has 0 aliphatic carbocycles. The molecule has 0 N–H and O–H groups in total. The number of oxazole rings is 1. The molecule has 0 radical (unpaired) electrons. The number of hydrogen-bond acceptors (Lipinski definition) is 6. The van der Waals surface area contributed by atoms with Crippen LogP contribution in [-0.2, 0) is 16.1 Å². The molecular formula is C19H19NO4S. The number of hydrogen-bond donors (Lipinski definition) is 0. The van der Waals surface area contributed by atoms with Crippen LogP contribution in [0.2, 0.25) is 0 Å². The molecule has 0 amide bonds. The highest BCUT2D eigenvalue weighted by Crippen LogP contribution is 2.26. The van der Waals surface area contributed by atoms with E-state index in [1.54, 1.807) is 11.3 Å². The van der Waals surface area contributed by atoms with E-state index in [1.807, 2.05) is 55.6 Å². The number of aromatic nitrogens is 1. The Morgan fingerprint density at radius 1 is 1.20 bits per heavy atom. The molecular weight excluding hydrogens is 338 g/mol. The fraction of sp³-hybridized carbons (Fsp3) is 0.263. The molecule has 25 heavy (non-hydrogen) atoms. The van der Waals surface area contributed by atoms with Gasteiger partial charge in [-0.2, -0.15) is 0 Å². The van der Waals surface area contributed by atoms with E-state index in [9.17, 15) is 4.79 Å². The first-order valence-corrected chi connectivity index (χ1v) is 8.85. The van der Waals surface area contributed by atoms with E-state index in [1.165, 1.54) is 0 Å². The first kappa shape index (κ1) is 17.2. The minimum atomic E-state index is -0.327. The van der Waals surface area contributed by atoms with E-state index in [-0.39, 0.29) is 25.6 Å². The van der Waals surface area contributed by atoms with Crippen LogP contribution < -0.4 is 4.74 Å². The van der Waals surface area contributed by atoms with Crippen molar-refractivity contribution in [2.45, 2.75) is 26.9 Å². The van der Waals surface area contributed by atoms with E-state index >= 15 is 0 Å². The molecule has 130 valence electrons. The molecule has 2 aromatic heterocycles. The van der Waals surface area contributed by atoms with Gasteiger partial charge in [-0.25, -0.2) is 4.98 Å². The molecule has 0 spiro atoms. The number of carbonyl (C=O) groups is 1. The highest BCUT2D eigenvalue weighted by atomic mass is 32.1. The molecule has 3 aromatic rings. The molecule has 5 nitrogen and oxygen atoms in total. The van der Waals surface area contributed by atoms with Gasteiger partial charge < -0.3 is 13.9 Å². The number of thiophene rings is 1. The van der Waals surface area contributed by atoms with Gasteiger partial charge in [-0.15, -0.1) is 11.3 Å². The molecule has 0 bridgehead atoms. The molecule has 6 heteroatoms. The van der Waals surface area contributed by atoms with Gasteiger partial charge in [0, 0.05) is 0 Å². The van der Waals surface area contributed by atoms with Crippen molar-refractivity contribution in [3.63, 3.8) is 0 Å². The van der Waals surface area contributed by atoms with Gasteiger partial charge in [-0.1, -0.05) is 23.8 Å². The lowest BCUT2D eigenvalue weighted by Crippen LogP contribution is -2.10. The maximum Gasteiger partial charge on any atom is 0.309 e. The maximum absolute atomic E-state index is 11.8. The smallest absolute Gasteiger partial charge is 0.309 e. The van der Waals surface area contributed by atoms with Crippen molar-refractivity contribution < 1.29 is 18.7 Å². The Balaban J connectivity index is 1.45. The maximum atomic E-state index is 11.8. The van der Waals surface area contributed by atoms with E-state index in [0.717, 1.165) is 16.2 Å². The van der Waals surface area contributed by atoms with Gasteiger partial charge in [0.05, 0.1) is 17.9 Å². The molecule has 2 heterocycles. The highest BCUT2D eigenvalue weighted by molar-refractivity contribution is 7.13. The molecule has 3 rings (SSSR count). The Hall–Kier alpha value is -2.60. The molecule has 0 atom stereocenters. The van der Waals surface area contributed by atoms with Gasteiger partial charge in [0.2, 0.25) is 5.89 Å². The van der Waals surface area contributed by atoms with Crippen molar-refractivity contribution in [2.24, 2.45) is 0 Å². The quantitative estimate of drug-likeness (QED) is 0.581. The number of benzene rings is 1. The third-order valence-corrected chi connectivity index (χ3v) is 4.45. The zero-order chi connectivity index (χ0) is 17.6.